The number of aliphatic hydroxyl groups excluding tert-OH is 11. The van der Waals surface area contributed by atoms with Crippen LogP contribution >= 0.6 is 0 Å². The molecule has 0 spiro atoms. The van der Waals surface area contributed by atoms with Crippen molar-refractivity contribution in [2.24, 2.45) is 0 Å². The van der Waals surface area contributed by atoms with Crippen LogP contribution in [0.2, 0.25) is 0 Å². The molecule has 20 heteroatoms. The summed E-state index contributed by atoms with van der Waals surface area (Å²) in [5.74, 6) is -0.654. The largest absolute Gasteiger partial charge is 0.394 e. The highest BCUT2D eigenvalue weighted by Gasteiger charge is 2.54. The van der Waals surface area contributed by atoms with Crippen LogP contribution in [0.1, 0.15) is 20.3 Å². The zero-order valence-electron chi connectivity index (χ0n) is 25.0. The molecule has 4 saturated heterocycles. The highest BCUT2D eigenvalue weighted by molar-refractivity contribution is 5.73. The molecule has 4 fully saturated rings. The van der Waals surface area contributed by atoms with E-state index in [1.807, 2.05) is 0 Å². The Hall–Kier alpha value is -1.25. The summed E-state index contributed by atoms with van der Waals surface area (Å²) in [6, 6.07) is -1.42. The van der Waals surface area contributed by atoms with E-state index in [2.05, 4.69) is 5.32 Å². The first-order valence-corrected chi connectivity index (χ1v) is 14.8. The molecule has 0 aromatic rings. The lowest BCUT2D eigenvalue weighted by atomic mass is 9.95. The van der Waals surface area contributed by atoms with Crippen LogP contribution in [-0.4, -0.2) is 199 Å². The first-order valence-electron chi connectivity index (χ1n) is 14.8. The first-order chi connectivity index (χ1) is 21.7. The van der Waals surface area contributed by atoms with Gasteiger partial charge in [-0.2, -0.15) is 0 Å². The minimum atomic E-state index is -1.99. The van der Waals surface area contributed by atoms with E-state index in [1.54, 1.807) is 0 Å². The summed E-state index contributed by atoms with van der Waals surface area (Å²) in [6.45, 7) is 0.191. The highest BCUT2D eigenvalue weighted by Crippen LogP contribution is 2.34. The van der Waals surface area contributed by atoms with Crippen molar-refractivity contribution >= 4 is 5.91 Å². The molecule has 19 atom stereocenters. The van der Waals surface area contributed by atoms with E-state index in [0.29, 0.717) is 0 Å². The Bertz CT molecular complexity index is 979. The second-order valence-electron chi connectivity index (χ2n) is 11.8. The van der Waals surface area contributed by atoms with Crippen LogP contribution in [0.4, 0.5) is 0 Å². The van der Waals surface area contributed by atoms with Gasteiger partial charge in [0.15, 0.2) is 25.2 Å². The Labute approximate surface area is 262 Å². The summed E-state index contributed by atoms with van der Waals surface area (Å²) in [6.07, 6.45) is -28.4. The first kappa shape index (κ1) is 37.6. The summed E-state index contributed by atoms with van der Waals surface area (Å²) in [5, 5.41) is 117. The Kier molecular flexibility index (Phi) is 13.0. The van der Waals surface area contributed by atoms with Crippen molar-refractivity contribution < 1.29 is 94.1 Å². The van der Waals surface area contributed by atoms with E-state index in [0.717, 1.165) is 6.92 Å². The topological polar surface area (TPSA) is 316 Å². The third kappa shape index (κ3) is 7.96. The van der Waals surface area contributed by atoms with Gasteiger partial charge in [-0.15, -0.1) is 0 Å². The van der Waals surface area contributed by atoms with E-state index in [-0.39, 0.29) is 6.42 Å². The smallest absolute Gasteiger partial charge is 0.217 e. The van der Waals surface area contributed by atoms with E-state index in [4.69, 9.17) is 33.2 Å². The van der Waals surface area contributed by atoms with Crippen LogP contribution in [0.15, 0.2) is 0 Å². The van der Waals surface area contributed by atoms with Crippen molar-refractivity contribution in [1.82, 2.24) is 5.32 Å². The predicted molar refractivity (Wildman–Crippen MR) is 143 cm³/mol. The van der Waals surface area contributed by atoms with Crippen LogP contribution < -0.4 is 5.32 Å². The molecule has 0 aliphatic carbocycles. The van der Waals surface area contributed by atoms with Crippen molar-refractivity contribution in [3.8, 4) is 0 Å². The number of carbonyl (C=O) groups excluding carboxylic acids is 1. The van der Waals surface area contributed by atoms with Crippen molar-refractivity contribution in [3.05, 3.63) is 0 Å². The quantitative estimate of drug-likeness (QED) is 0.102. The van der Waals surface area contributed by atoms with Crippen LogP contribution in [-0.2, 0) is 38.0 Å². The molecular weight excluding hydrogens is 630 g/mol. The van der Waals surface area contributed by atoms with Crippen LogP contribution in [0.3, 0.4) is 0 Å². The molecule has 0 radical (unpaired) electrons. The Balaban J connectivity index is 1.49. The number of nitrogens with one attached hydrogen (secondary N) is 1. The van der Waals surface area contributed by atoms with Gasteiger partial charge in [-0.1, -0.05) is 0 Å². The molecule has 4 aliphatic heterocycles. The van der Waals surface area contributed by atoms with Gasteiger partial charge >= 0.3 is 0 Å². The fourth-order valence-electron chi connectivity index (χ4n) is 5.82. The number of carbonyl (C=O) groups is 1. The van der Waals surface area contributed by atoms with E-state index < -0.39 is 142 Å². The summed E-state index contributed by atoms with van der Waals surface area (Å²) in [7, 11) is 0. The van der Waals surface area contributed by atoms with Crippen molar-refractivity contribution in [3.63, 3.8) is 0 Å². The van der Waals surface area contributed by atoms with Crippen molar-refractivity contribution in [1.29, 1.82) is 0 Å². The molecule has 0 aromatic carbocycles. The molecule has 1 amide bonds. The molecule has 0 saturated carbocycles. The van der Waals surface area contributed by atoms with E-state index in [9.17, 15) is 61.0 Å². The molecule has 4 rings (SSSR count). The predicted octanol–water partition coefficient (Wildman–Crippen LogP) is -7.55. The maximum atomic E-state index is 11.7. The molecular formula is C26H45NO19. The fraction of sp³-hybridized carbons (Fsp3) is 0.962. The molecule has 0 aromatic heterocycles. The average molecular weight is 676 g/mol. The minimum Gasteiger partial charge on any atom is -0.394 e. The highest BCUT2D eigenvalue weighted by atomic mass is 16.8. The Morgan fingerprint density at radius 1 is 0.630 bits per heavy atom. The third-order valence-corrected chi connectivity index (χ3v) is 8.45. The summed E-state index contributed by atoms with van der Waals surface area (Å²) in [5.41, 5.74) is 0. The van der Waals surface area contributed by atoms with Gasteiger partial charge in [-0.3, -0.25) is 4.79 Å². The number of aliphatic hydroxyl groups is 11. The molecule has 4 heterocycles. The van der Waals surface area contributed by atoms with Crippen LogP contribution in [0.25, 0.3) is 0 Å². The monoisotopic (exact) mass is 675 g/mol. The van der Waals surface area contributed by atoms with E-state index in [1.165, 1.54) is 6.92 Å². The van der Waals surface area contributed by atoms with Gasteiger partial charge in [0.05, 0.1) is 32.0 Å². The summed E-state index contributed by atoms with van der Waals surface area (Å²) in [4.78, 5) is 11.7. The van der Waals surface area contributed by atoms with Gasteiger partial charge in [-0.25, -0.2) is 0 Å². The second kappa shape index (κ2) is 16.0. The lowest BCUT2D eigenvalue weighted by molar-refractivity contribution is -0.382. The van der Waals surface area contributed by atoms with E-state index >= 15 is 0 Å². The maximum absolute atomic E-state index is 11.7. The Morgan fingerprint density at radius 2 is 1.15 bits per heavy atom. The van der Waals surface area contributed by atoms with Gasteiger partial charge in [0, 0.05) is 13.3 Å². The number of amides is 1. The molecule has 20 nitrogen and oxygen atoms in total. The molecule has 4 aliphatic rings. The molecule has 0 unspecified atom stereocenters. The third-order valence-electron chi connectivity index (χ3n) is 8.45. The fourth-order valence-corrected chi connectivity index (χ4v) is 5.82. The maximum Gasteiger partial charge on any atom is 0.217 e. The van der Waals surface area contributed by atoms with Crippen LogP contribution in [0.5, 0.6) is 0 Å². The molecule has 0 bridgehead atoms. The number of hydrogen-bond donors (Lipinski definition) is 12. The summed E-state index contributed by atoms with van der Waals surface area (Å²) >= 11 is 0. The standard InChI is InChI=1S/C26H45NO19/c1-7-9(32)3-10(33)24(40-7)46-22-16(35)12(5-29)42-26(19(22)38)44-20-13(6-30)43-25(18(37)17(20)36)45-21-14(27-8(2)31)23(39)41-11(4-28)15(21)34/h7,9-26,28-30,32-39H,3-6H2,1-2H3,(H,27,31)/t7-,9-,10-,11+,12+,13+,14+,15+,16+,17+,18+,19+,20-,21+,22-,23+,24-,25+,26+/m0/s1. The van der Waals surface area contributed by atoms with Gasteiger partial charge in [0.2, 0.25) is 5.91 Å². The Morgan fingerprint density at radius 3 is 1.76 bits per heavy atom. The molecule has 46 heavy (non-hydrogen) atoms. The van der Waals surface area contributed by atoms with Crippen molar-refractivity contribution in [2.75, 3.05) is 19.8 Å². The average Bonchev–Trinajstić information content (AvgIpc) is 3.01. The minimum absolute atomic E-state index is 0.133. The van der Waals surface area contributed by atoms with Gasteiger partial charge < -0.3 is 94.6 Å². The zero-order valence-corrected chi connectivity index (χ0v) is 25.0. The van der Waals surface area contributed by atoms with Gasteiger partial charge in [0.25, 0.3) is 0 Å². The normalized spacial score (nSPS) is 50.2. The number of rotatable bonds is 10. The number of ether oxygens (including phenoxy) is 7. The van der Waals surface area contributed by atoms with Crippen molar-refractivity contribution in [2.45, 2.75) is 137 Å². The number of hydrogen-bond acceptors (Lipinski definition) is 19. The molecule has 268 valence electrons. The summed E-state index contributed by atoms with van der Waals surface area (Å²) < 4.78 is 38.7. The van der Waals surface area contributed by atoms with Gasteiger partial charge in [0.1, 0.15) is 79.3 Å². The second-order valence-corrected chi connectivity index (χ2v) is 11.8. The van der Waals surface area contributed by atoms with Crippen LogP contribution in [0, 0.1) is 0 Å². The lowest BCUT2D eigenvalue weighted by Crippen LogP contribution is -2.68. The molecule has 12 N–H and O–H groups in total. The zero-order chi connectivity index (χ0) is 34.0. The lowest BCUT2D eigenvalue weighted by Gasteiger charge is -2.49. The van der Waals surface area contributed by atoms with Gasteiger partial charge in [-0.05, 0) is 6.92 Å². The SMILES string of the molecule is CC(=O)N[C@@H]1[C@@H](O[C@H]2O[C@H](CO)[C@H](O[C@H]3O[C@H](CO)[C@@H](O)[C@H](O[C@@H]4O[C@@H](C)[C@@H](O)C[C@@H]4O)[C@H]3O)[C@H](O)[C@H]2O)[C@H](O)[C@@H](CO)O[C@H]1O.